The van der Waals surface area contributed by atoms with Crippen molar-refractivity contribution in [2.75, 3.05) is 26.2 Å². The molecule has 1 fully saturated rings. The molecule has 2 N–H and O–H groups in total. The Morgan fingerprint density at radius 2 is 1.39 bits per heavy atom. The van der Waals surface area contributed by atoms with Crippen LogP contribution in [0.25, 0.3) is 0 Å². The molecule has 1 aliphatic heterocycles. The number of amides is 2. The average molecular weight is 448 g/mol. The standard InChI is InChI=1S/C26H26FN3O3/c27-22-8-2-19(3-9-22)18-29-14-1-15-30(17-16-29)26(32)21-6-12-24(13-7-21)33-23-10-4-20(5-11-23)25(28)31/h2-13H,1,14-18H2,(H2,28,31). The van der Waals surface area contributed by atoms with Crippen molar-refractivity contribution in [3.05, 3.63) is 95.3 Å². The van der Waals surface area contributed by atoms with Gasteiger partial charge in [-0.2, -0.15) is 0 Å². The maximum Gasteiger partial charge on any atom is 0.253 e. The summed E-state index contributed by atoms with van der Waals surface area (Å²) in [4.78, 5) is 28.3. The van der Waals surface area contributed by atoms with Crippen LogP contribution in [-0.2, 0) is 6.54 Å². The van der Waals surface area contributed by atoms with Crippen LogP contribution in [-0.4, -0.2) is 47.8 Å². The van der Waals surface area contributed by atoms with Gasteiger partial charge >= 0.3 is 0 Å². The number of hydrogen-bond acceptors (Lipinski definition) is 4. The van der Waals surface area contributed by atoms with Crippen molar-refractivity contribution in [2.45, 2.75) is 13.0 Å². The van der Waals surface area contributed by atoms with Gasteiger partial charge in [-0.3, -0.25) is 14.5 Å². The first-order chi connectivity index (χ1) is 16.0. The fourth-order valence-electron chi connectivity index (χ4n) is 3.85. The summed E-state index contributed by atoms with van der Waals surface area (Å²) < 4.78 is 18.9. The van der Waals surface area contributed by atoms with Crippen molar-refractivity contribution in [2.24, 2.45) is 5.73 Å². The maximum atomic E-state index is 13.1. The van der Waals surface area contributed by atoms with E-state index >= 15 is 0 Å². The summed E-state index contributed by atoms with van der Waals surface area (Å²) in [5.41, 5.74) is 7.34. The molecule has 1 heterocycles. The van der Waals surface area contributed by atoms with E-state index in [1.165, 1.54) is 12.1 Å². The highest BCUT2D eigenvalue weighted by Crippen LogP contribution is 2.23. The van der Waals surface area contributed by atoms with Crippen molar-refractivity contribution < 1.29 is 18.7 Å². The molecule has 2 amide bonds. The number of nitrogens with zero attached hydrogens (tertiary/aromatic N) is 2. The Morgan fingerprint density at radius 3 is 2.00 bits per heavy atom. The minimum Gasteiger partial charge on any atom is -0.457 e. The van der Waals surface area contributed by atoms with Crippen LogP contribution >= 0.6 is 0 Å². The number of rotatable bonds is 6. The number of carbonyl (C=O) groups is 2. The lowest BCUT2D eigenvalue weighted by molar-refractivity contribution is 0.0761. The van der Waals surface area contributed by atoms with Gasteiger partial charge in [-0.05, 0) is 72.6 Å². The Hall–Kier alpha value is -3.71. The van der Waals surface area contributed by atoms with Gasteiger partial charge in [0.2, 0.25) is 5.91 Å². The molecule has 0 radical (unpaired) electrons. The second-order valence-electron chi connectivity index (χ2n) is 8.06. The first kappa shape index (κ1) is 22.5. The van der Waals surface area contributed by atoms with Gasteiger partial charge in [-0.25, -0.2) is 4.39 Å². The van der Waals surface area contributed by atoms with Crippen LogP contribution in [0.3, 0.4) is 0 Å². The number of hydrogen-bond donors (Lipinski definition) is 1. The SMILES string of the molecule is NC(=O)c1ccc(Oc2ccc(C(=O)N3CCCN(Cc4ccc(F)cc4)CC3)cc2)cc1. The average Bonchev–Trinajstić information content (AvgIpc) is 3.06. The maximum absolute atomic E-state index is 13.1. The second kappa shape index (κ2) is 10.3. The number of ether oxygens (including phenoxy) is 1. The molecule has 4 rings (SSSR count). The van der Waals surface area contributed by atoms with Crippen LogP contribution in [0.1, 0.15) is 32.7 Å². The lowest BCUT2D eigenvalue weighted by Crippen LogP contribution is -2.35. The van der Waals surface area contributed by atoms with E-state index in [1.54, 1.807) is 60.7 Å². The Labute approximate surface area is 192 Å². The highest BCUT2D eigenvalue weighted by atomic mass is 19.1. The van der Waals surface area contributed by atoms with E-state index in [9.17, 15) is 14.0 Å². The molecule has 33 heavy (non-hydrogen) atoms. The Balaban J connectivity index is 1.33. The third-order valence-electron chi connectivity index (χ3n) is 5.67. The topological polar surface area (TPSA) is 75.9 Å². The van der Waals surface area contributed by atoms with Gasteiger partial charge in [0.15, 0.2) is 0 Å². The molecule has 3 aromatic carbocycles. The molecule has 0 spiro atoms. The van der Waals surface area contributed by atoms with Crippen molar-refractivity contribution in [1.82, 2.24) is 9.80 Å². The number of halogens is 1. The third-order valence-corrected chi connectivity index (χ3v) is 5.67. The first-order valence-corrected chi connectivity index (χ1v) is 10.9. The predicted molar refractivity (Wildman–Crippen MR) is 124 cm³/mol. The minimum absolute atomic E-state index is 0.00371. The molecule has 0 saturated carbocycles. The zero-order valence-corrected chi connectivity index (χ0v) is 18.2. The molecule has 7 heteroatoms. The second-order valence-corrected chi connectivity index (χ2v) is 8.06. The highest BCUT2D eigenvalue weighted by molar-refractivity contribution is 5.94. The third kappa shape index (κ3) is 5.96. The largest absolute Gasteiger partial charge is 0.457 e. The Bertz CT molecular complexity index is 1100. The fourth-order valence-corrected chi connectivity index (χ4v) is 3.85. The van der Waals surface area contributed by atoms with Gasteiger partial charge in [0, 0.05) is 43.9 Å². The van der Waals surface area contributed by atoms with Crippen LogP contribution in [0.5, 0.6) is 11.5 Å². The first-order valence-electron chi connectivity index (χ1n) is 10.9. The van der Waals surface area contributed by atoms with Crippen LogP contribution < -0.4 is 10.5 Å². The van der Waals surface area contributed by atoms with E-state index in [0.717, 1.165) is 31.6 Å². The smallest absolute Gasteiger partial charge is 0.253 e. The summed E-state index contributed by atoms with van der Waals surface area (Å²) in [7, 11) is 0. The van der Waals surface area contributed by atoms with Crippen LogP contribution in [0.4, 0.5) is 4.39 Å². The quantitative estimate of drug-likeness (QED) is 0.618. The molecule has 3 aromatic rings. The van der Waals surface area contributed by atoms with Crippen molar-refractivity contribution in [3.8, 4) is 11.5 Å². The highest BCUT2D eigenvalue weighted by Gasteiger charge is 2.20. The Morgan fingerprint density at radius 1 is 0.788 bits per heavy atom. The normalized spacial score (nSPS) is 14.5. The molecule has 0 bridgehead atoms. The van der Waals surface area contributed by atoms with Crippen LogP contribution in [0, 0.1) is 5.82 Å². The monoisotopic (exact) mass is 447 g/mol. The molecule has 1 aliphatic rings. The number of primary amides is 1. The zero-order chi connectivity index (χ0) is 23.2. The summed E-state index contributed by atoms with van der Waals surface area (Å²) >= 11 is 0. The summed E-state index contributed by atoms with van der Waals surface area (Å²) in [5.74, 6) is 0.448. The molecule has 0 aromatic heterocycles. The van der Waals surface area contributed by atoms with Crippen molar-refractivity contribution >= 4 is 11.8 Å². The summed E-state index contributed by atoms with van der Waals surface area (Å²) in [6.45, 7) is 3.75. The molecule has 170 valence electrons. The molecule has 6 nitrogen and oxygen atoms in total. The van der Waals surface area contributed by atoms with Gasteiger partial charge in [0.25, 0.3) is 5.91 Å². The number of benzene rings is 3. The van der Waals surface area contributed by atoms with Gasteiger partial charge < -0.3 is 15.4 Å². The van der Waals surface area contributed by atoms with Gasteiger partial charge in [0.05, 0.1) is 0 Å². The van der Waals surface area contributed by atoms with Crippen LogP contribution in [0.15, 0.2) is 72.8 Å². The molecule has 0 atom stereocenters. The van der Waals surface area contributed by atoms with E-state index in [-0.39, 0.29) is 11.7 Å². The number of nitrogens with two attached hydrogens (primary N) is 1. The summed E-state index contributed by atoms with van der Waals surface area (Å²) in [6, 6.07) is 20.2. The number of carbonyl (C=O) groups excluding carboxylic acids is 2. The predicted octanol–water partition coefficient (Wildman–Crippen LogP) is 4.07. The molecule has 0 unspecified atom stereocenters. The zero-order valence-electron chi connectivity index (χ0n) is 18.2. The van der Waals surface area contributed by atoms with Crippen LogP contribution in [0.2, 0.25) is 0 Å². The van der Waals surface area contributed by atoms with Gasteiger partial charge in [-0.15, -0.1) is 0 Å². The molecule has 0 aliphatic carbocycles. The minimum atomic E-state index is -0.489. The van der Waals surface area contributed by atoms with E-state index < -0.39 is 5.91 Å². The molecular formula is C26H26FN3O3. The van der Waals surface area contributed by atoms with E-state index in [2.05, 4.69) is 4.90 Å². The van der Waals surface area contributed by atoms with Crippen molar-refractivity contribution in [1.29, 1.82) is 0 Å². The molecule has 1 saturated heterocycles. The van der Waals surface area contributed by atoms with E-state index in [1.807, 2.05) is 4.90 Å². The fraction of sp³-hybridized carbons (Fsp3) is 0.231. The van der Waals surface area contributed by atoms with E-state index in [0.29, 0.717) is 35.7 Å². The summed E-state index contributed by atoms with van der Waals surface area (Å²) in [5, 5.41) is 0. The van der Waals surface area contributed by atoms with Crippen molar-refractivity contribution in [3.63, 3.8) is 0 Å². The Kier molecular flexibility index (Phi) is 7.00. The summed E-state index contributed by atoms with van der Waals surface area (Å²) in [6.07, 6.45) is 0.884. The van der Waals surface area contributed by atoms with E-state index in [4.69, 9.17) is 10.5 Å². The lowest BCUT2D eigenvalue weighted by Gasteiger charge is -2.22. The van der Waals surface area contributed by atoms with Gasteiger partial charge in [0.1, 0.15) is 17.3 Å². The lowest BCUT2D eigenvalue weighted by atomic mass is 10.2. The van der Waals surface area contributed by atoms with Gasteiger partial charge in [-0.1, -0.05) is 12.1 Å². The molecular weight excluding hydrogens is 421 g/mol.